The molecule has 9 heteroatoms. The number of halogens is 1. The summed E-state index contributed by atoms with van der Waals surface area (Å²) in [4.78, 5) is 22.9. The summed E-state index contributed by atoms with van der Waals surface area (Å²) in [5, 5.41) is 9.99. The molecule has 33 heavy (non-hydrogen) atoms. The van der Waals surface area contributed by atoms with Crippen LogP contribution in [0.1, 0.15) is 16.3 Å². The summed E-state index contributed by atoms with van der Waals surface area (Å²) in [5.41, 5.74) is 2.38. The number of piperazine rings is 1. The van der Waals surface area contributed by atoms with Crippen molar-refractivity contribution < 1.29 is 13.7 Å². The van der Waals surface area contributed by atoms with Crippen molar-refractivity contribution in [2.75, 3.05) is 26.2 Å². The first-order chi connectivity index (χ1) is 16.2. The average molecular weight is 481 g/mol. The van der Waals surface area contributed by atoms with Crippen molar-refractivity contribution in [2.24, 2.45) is 0 Å². The van der Waals surface area contributed by atoms with Gasteiger partial charge in [-0.1, -0.05) is 23.4 Å². The molecule has 0 atom stereocenters. The van der Waals surface area contributed by atoms with Gasteiger partial charge in [0.15, 0.2) is 0 Å². The number of carbonyl (C=O) groups excluding carboxylic acids is 1. The monoisotopic (exact) mass is 480 g/mol. The van der Waals surface area contributed by atoms with Crippen LogP contribution in [0.4, 0.5) is 4.39 Å². The smallest absolute Gasteiger partial charge is 0.255 e. The number of thiophene rings is 2. The van der Waals surface area contributed by atoms with Gasteiger partial charge in [0.2, 0.25) is 11.7 Å². The van der Waals surface area contributed by atoms with Gasteiger partial charge in [0.1, 0.15) is 5.82 Å². The summed E-state index contributed by atoms with van der Waals surface area (Å²) in [5.74, 6) is 0.868. The first-order valence-electron chi connectivity index (χ1n) is 10.5. The standard InChI is InChI=1S/C24H21FN4O2S2/c25-19-5-3-17(4-6-19)14-20(21-2-1-12-33-21)24(30)29-10-8-28(9-11-29)15-22-26-23(27-31-22)18-7-13-32-16-18/h1-7,12-14,16H,8-11,15H2/b20-14+. The third kappa shape index (κ3) is 5.11. The van der Waals surface area contributed by atoms with E-state index in [1.54, 1.807) is 23.5 Å². The van der Waals surface area contributed by atoms with E-state index >= 15 is 0 Å². The van der Waals surface area contributed by atoms with Crippen LogP contribution in [0.5, 0.6) is 0 Å². The van der Waals surface area contributed by atoms with Gasteiger partial charge in [-0.05, 0) is 46.7 Å². The molecule has 6 nitrogen and oxygen atoms in total. The minimum atomic E-state index is -0.295. The Morgan fingerprint density at radius 2 is 1.91 bits per heavy atom. The molecule has 0 aliphatic carbocycles. The molecule has 0 saturated carbocycles. The van der Waals surface area contributed by atoms with Crippen molar-refractivity contribution in [2.45, 2.75) is 6.54 Å². The first kappa shape index (κ1) is 21.7. The maximum Gasteiger partial charge on any atom is 0.255 e. The second-order valence-corrected chi connectivity index (χ2v) is 9.41. The van der Waals surface area contributed by atoms with Crippen LogP contribution < -0.4 is 0 Å². The highest BCUT2D eigenvalue weighted by molar-refractivity contribution is 7.11. The van der Waals surface area contributed by atoms with E-state index in [1.807, 2.05) is 45.3 Å². The van der Waals surface area contributed by atoms with E-state index < -0.39 is 0 Å². The number of amides is 1. The topological polar surface area (TPSA) is 62.5 Å². The Kier molecular flexibility index (Phi) is 6.43. The molecule has 1 aromatic carbocycles. The average Bonchev–Trinajstić information content (AvgIpc) is 3.61. The van der Waals surface area contributed by atoms with Gasteiger partial charge in [-0.25, -0.2) is 4.39 Å². The largest absolute Gasteiger partial charge is 0.338 e. The maximum absolute atomic E-state index is 13.4. The van der Waals surface area contributed by atoms with Crippen molar-refractivity contribution in [3.63, 3.8) is 0 Å². The minimum Gasteiger partial charge on any atom is -0.338 e. The van der Waals surface area contributed by atoms with Gasteiger partial charge < -0.3 is 9.42 Å². The van der Waals surface area contributed by atoms with E-state index in [9.17, 15) is 9.18 Å². The lowest BCUT2D eigenvalue weighted by Crippen LogP contribution is -2.48. The molecule has 1 fully saturated rings. The minimum absolute atomic E-state index is 0.0149. The predicted octanol–water partition coefficient (Wildman–Crippen LogP) is 4.88. The Hall–Kier alpha value is -3.14. The number of rotatable bonds is 6. The number of benzene rings is 1. The molecule has 1 amide bonds. The van der Waals surface area contributed by atoms with Gasteiger partial charge in [-0.15, -0.1) is 11.3 Å². The lowest BCUT2D eigenvalue weighted by molar-refractivity contribution is -0.126. The first-order valence-corrected chi connectivity index (χ1v) is 12.4. The molecule has 3 aromatic heterocycles. The third-order valence-electron chi connectivity index (χ3n) is 5.46. The van der Waals surface area contributed by atoms with E-state index in [0.29, 0.717) is 36.9 Å². The lowest BCUT2D eigenvalue weighted by Gasteiger charge is -2.34. The Bertz CT molecular complexity index is 1230. The fourth-order valence-electron chi connectivity index (χ4n) is 3.69. The predicted molar refractivity (Wildman–Crippen MR) is 128 cm³/mol. The van der Waals surface area contributed by atoms with Crippen LogP contribution in [-0.4, -0.2) is 52.0 Å². The molecule has 0 N–H and O–H groups in total. The number of hydrogen-bond donors (Lipinski definition) is 0. The number of nitrogens with zero attached hydrogens (tertiary/aromatic N) is 4. The van der Waals surface area contributed by atoms with Crippen molar-refractivity contribution in [1.29, 1.82) is 0 Å². The molecule has 1 aliphatic rings. The molecule has 0 bridgehead atoms. The molecule has 0 unspecified atom stereocenters. The molecule has 0 spiro atoms. The van der Waals surface area contributed by atoms with E-state index in [4.69, 9.17) is 4.52 Å². The Labute approximate surface area is 198 Å². The van der Waals surface area contributed by atoms with Crippen molar-refractivity contribution in [3.8, 4) is 11.4 Å². The maximum atomic E-state index is 13.4. The zero-order chi connectivity index (χ0) is 22.6. The zero-order valence-corrected chi connectivity index (χ0v) is 19.3. The van der Waals surface area contributed by atoms with Crippen LogP contribution in [0.3, 0.4) is 0 Å². The Balaban J connectivity index is 1.24. The normalized spacial score (nSPS) is 15.2. The second-order valence-electron chi connectivity index (χ2n) is 7.68. The summed E-state index contributed by atoms with van der Waals surface area (Å²) in [6.45, 7) is 3.21. The number of hydrogen-bond acceptors (Lipinski definition) is 7. The van der Waals surface area contributed by atoms with Crippen molar-refractivity contribution >= 4 is 40.2 Å². The van der Waals surface area contributed by atoms with Crippen LogP contribution in [0.15, 0.2) is 63.1 Å². The van der Waals surface area contributed by atoms with Gasteiger partial charge in [0.05, 0.1) is 12.1 Å². The Morgan fingerprint density at radius 3 is 2.61 bits per heavy atom. The molecule has 1 aliphatic heterocycles. The molecule has 0 radical (unpaired) electrons. The van der Waals surface area contributed by atoms with Crippen molar-refractivity contribution in [3.05, 3.63) is 80.8 Å². The van der Waals surface area contributed by atoms with E-state index in [0.717, 1.165) is 29.1 Å². The quantitative estimate of drug-likeness (QED) is 0.368. The molecule has 5 rings (SSSR count). The van der Waals surface area contributed by atoms with Crippen LogP contribution in [-0.2, 0) is 11.3 Å². The van der Waals surface area contributed by atoms with Crippen LogP contribution in [0, 0.1) is 5.82 Å². The van der Waals surface area contributed by atoms with E-state index in [-0.39, 0.29) is 11.7 Å². The summed E-state index contributed by atoms with van der Waals surface area (Å²) >= 11 is 3.12. The summed E-state index contributed by atoms with van der Waals surface area (Å²) in [6.07, 6.45) is 1.84. The zero-order valence-electron chi connectivity index (χ0n) is 17.7. The van der Waals surface area contributed by atoms with E-state index in [1.165, 1.54) is 23.5 Å². The number of carbonyl (C=O) groups is 1. The fraction of sp³-hybridized carbons (Fsp3) is 0.208. The molecular formula is C24H21FN4O2S2. The Morgan fingerprint density at radius 1 is 1.09 bits per heavy atom. The SMILES string of the molecule is O=C(/C(=C/c1ccc(F)cc1)c1cccs1)N1CCN(Cc2nc(-c3ccsc3)no2)CC1. The summed E-state index contributed by atoms with van der Waals surface area (Å²) < 4.78 is 18.7. The molecular weight excluding hydrogens is 459 g/mol. The molecule has 1 saturated heterocycles. The third-order valence-corrected chi connectivity index (χ3v) is 7.05. The highest BCUT2D eigenvalue weighted by atomic mass is 32.1. The fourth-order valence-corrected chi connectivity index (χ4v) is 5.06. The van der Waals surface area contributed by atoms with Gasteiger partial charge >= 0.3 is 0 Å². The van der Waals surface area contributed by atoms with Crippen LogP contribution >= 0.6 is 22.7 Å². The molecule has 4 aromatic rings. The number of aromatic nitrogens is 2. The van der Waals surface area contributed by atoms with Gasteiger partial charge in [0.25, 0.3) is 5.91 Å². The van der Waals surface area contributed by atoms with Gasteiger partial charge in [-0.3, -0.25) is 9.69 Å². The molecule has 4 heterocycles. The van der Waals surface area contributed by atoms with Crippen molar-refractivity contribution in [1.82, 2.24) is 19.9 Å². The van der Waals surface area contributed by atoms with E-state index in [2.05, 4.69) is 15.0 Å². The lowest BCUT2D eigenvalue weighted by atomic mass is 10.1. The summed E-state index contributed by atoms with van der Waals surface area (Å²) in [7, 11) is 0. The molecule has 168 valence electrons. The van der Waals surface area contributed by atoms with Gasteiger partial charge in [-0.2, -0.15) is 16.3 Å². The van der Waals surface area contributed by atoms with Crippen LogP contribution in [0.25, 0.3) is 23.0 Å². The second kappa shape index (κ2) is 9.78. The van der Waals surface area contributed by atoms with Gasteiger partial charge in [0, 0.05) is 42.0 Å². The highest BCUT2D eigenvalue weighted by Gasteiger charge is 2.26. The highest BCUT2D eigenvalue weighted by Crippen LogP contribution is 2.26. The van der Waals surface area contributed by atoms with Crippen LogP contribution in [0.2, 0.25) is 0 Å². The summed E-state index contributed by atoms with van der Waals surface area (Å²) in [6, 6.07) is 12.0.